The van der Waals surface area contributed by atoms with Gasteiger partial charge >= 0.3 is 0 Å². The van der Waals surface area contributed by atoms with E-state index in [0.717, 1.165) is 32.5 Å². The van der Waals surface area contributed by atoms with Crippen LogP contribution in [-0.2, 0) is 27.3 Å². The van der Waals surface area contributed by atoms with Crippen molar-refractivity contribution in [2.45, 2.75) is 55.4 Å². The Morgan fingerprint density at radius 3 is 2.34 bits per heavy atom. The summed E-state index contributed by atoms with van der Waals surface area (Å²) < 4.78 is 0. The first kappa shape index (κ1) is 32.2. The molecule has 4 aliphatic rings. The average molecular weight is 642 g/mol. The monoisotopic (exact) mass is 641 g/mol. The number of aliphatic hydroxyl groups is 2. The molecule has 246 valence electrons. The first-order valence-corrected chi connectivity index (χ1v) is 15.5. The number of phenols is 1. The molecule has 10 N–H and O–H groups in total. The van der Waals surface area contributed by atoms with Crippen molar-refractivity contribution in [3.05, 3.63) is 76.1 Å². The Kier molecular flexibility index (Phi) is 7.68. The van der Waals surface area contributed by atoms with E-state index in [1.807, 2.05) is 18.2 Å². The second-order valence-corrected chi connectivity index (χ2v) is 13.5. The molecule has 13 nitrogen and oxygen atoms in total. The number of carbonyl (C=O) groups is 3. The summed E-state index contributed by atoms with van der Waals surface area (Å²) in [6.45, 7) is 2.53. The number of aliphatic hydroxyl groups excluding tert-OH is 2. The summed E-state index contributed by atoms with van der Waals surface area (Å²) in [5.41, 5.74) is 13.3. The standard InChI is InChI=1S/C34H39N7O6/c1-40(2)28-27(44)23(31(36)47)29(45)33(17-35)30(46)24-26(43)22-19(14-32(24,37)16-34(28,33)38)8-9-21(25(22)42)39-20-10-12-41(13-11-20)15-18-6-4-3-5-7-18/h3-9,20,28,39,42-43,45H,10-16,37-38H2,1-2H3,(H2,36,47)/t28-,32-,33+,34-/m1/s1. The lowest BCUT2D eigenvalue weighted by Gasteiger charge is -2.58. The number of phenolic OH excluding ortho intramolecular Hbond substituents is 1. The first-order valence-electron chi connectivity index (χ1n) is 15.5. The van der Waals surface area contributed by atoms with Gasteiger partial charge in [-0.15, -0.1) is 0 Å². The van der Waals surface area contributed by atoms with Crippen molar-refractivity contribution in [2.75, 3.05) is 32.5 Å². The molecule has 1 aliphatic heterocycles. The van der Waals surface area contributed by atoms with Crippen LogP contribution in [-0.4, -0.2) is 92.9 Å². The summed E-state index contributed by atoms with van der Waals surface area (Å²) >= 11 is 0. The number of primary amides is 1. The predicted octanol–water partition coefficient (Wildman–Crippen LogP) is 0.982. The maximum atomic E-state index is 14.5. The third kappa shape index (κ3) is 4.63. The number of hydrogen-bond acceptors (Lipinski definition) is 12. The van der Waals surface area contributed by atoms with Gasteiger partial charge in [-0.25, -0.2) is 0 Å². The van der Waals surface area contributed by atoms with Crippen LogP contribution in [0.1, 0.15) is 36.0 Å². The van der Waals surface area contributed by atoms with Crippen LogP contribution >= 0.6 is 0 Å². The van der Waals surface area contributed by atoms with Crippen LogP contribution < -0.4 is 22.5 Å². The van der Waals surface area contributed by atoms with Crippen LogP contribution in [0.25, 0.3) is 5.76 Å². The molecular weight excluding hydrogens is 602 g/mol. The molecule has 47 heavy (non-hydrogen) atoms. The van der Waals surface area contributed by atoms with E-state index in [-0.39, 0.29) is 23.8 Å². The lowest BCUT2D eigenvalue weighted by molar-refractivity contribution is -0.139. The number of nitrogens with two attached hydrogens (primary N) is 3. The summed E-state index contributed by atoms with van der Waals surface area (Å²) in [6.07, 6.45) is 1.12. The topological polar surface area (TPSA) is 232 Å². The first-order chi connectivity index (χ1) is 22.2. The average Bonchev–Trinajstić information content (AvgIpc) is 2.99. The molecular formula is C34H39N7O6. The van der Waals surface area contributed by atoms with E-state index in [1.54, 1.807) is 18.2 Å². The molecule has 3 aliphatic carbocycles. The number of hydrogen-bond donors (Lipinski definition) is 7. The van der Waals surface area contributed by atoms with Crippen molar-refractivity contribution in [3.8, 4) is 11.8 Å². The Hall–Kier alpha value is -4.74. The van der Waals surface area contributed by atoms with Crippen LogP contribution in [0, 0.1) is 16.7 Å². The zero-order valence-corrected chi connectivity index (χ0v) is 26.3. The van der Waals surface area contributed by atoms with E-state index < -0.39 is 69.1 Å². The zero-order valence-electron chi connectivity index (χ0n) is 26.3. The van der Waals surface area contributed by atoms with E-state index in [0.29, 0.717) is 11.3 Å². The summed E-state index contributed by atoms with van der Waals surface area (Å²) in [5.74, 6) is -5.59. The van der Waals surface area contributed by atoms with Crippen molar-refractivity contribution in [3.63, 3.8) is 0 Å². The smallest absolute Gasteiger partial charge is 0.255 e. The Balaban J connectivity index is 1.37. The van der Waals surface area contributed by atoms with Crippen molar-refractivity contribution in [2.24, 2.45) is 22.6 Å². The van der Waals surface area contributed by atoms with Crippen molar-refractivity contribution in [1.82, 2.24) is 9.80 Å². The van der Waals surface area contributed by atoms with Crippen LogP contribution in [0.2, 0.25) is 0 Å². The minimum Gasteiger partial charge on any atom is -0.509 e. The number of nitrogens with one attached hydrogen (secondary N) is 1. The third-order valence-corrected chi connectivity index (χ3v) is 10.3. The van der Waals surface area contributed by atoms with E-state index >= 15 is 0 Å². The molecule has 2 fully saturated rings. The number of ketones is 2. The molecule has 1 amide bonds. The normalized spacial score (nSPS) is 29.7. The van der Waals surface area contributed by atoms with Gasteiger partial charge in [-0.05, 0) is 57.0 Å². The van der Waals surface area contributed by atoms with Gasteiger partial charge in [0.2, 0.25) is 0 Å². The molecule has 0 bridgehead atoms. The SMILES string of the molecule is CN(C)[C@@H]1C(=O)C(C(N)=O)=C(O)[C@@]2(C#N)C(=O)C3=C(O)c4c(ccc(NC5CCN(Cc6ccccc6)CC5)c4O)C[C@@]3(N)C[C@@]12N. The zero-order chi connectivity index (χ0) is 34.1. The van der Waals surface area contributed by atoms with Crippen molar-refractivity contribution >= 4 is 28.9 Å². The maximum absolute atomic E-state index is 14.5. The van der Waals surface area contributed by atoms with Crippen molar-refractivity contribution in [1.29, 1.82) is 5.26 Å². The second kappa shape index (κ2) is 11.2. The quantitative estimate of drug-likeness (QED) is 0.173. The maximum Gasteiger partial charge on any atom is 0.255 e. The van der Waals surface area contributed by atoms with E-state index in [4.69, 9.17) is 17.2 Å². The van der Waals surface area contributed by atoms with Crippen LogP contribution in [0.3, 0.4) is 0 Å². The van der Waals surface area contributed by atoms with Crippen LogP contribution in [0.4, 0.5) is 5.69 Å². The highest BCUT2D eigenvalue weighted by Gasteiger charge is 2.74. The largest absolute Gasteiger partial charge is 0.509 e. The number of anilines is 1. The molecule has 1 saturated heterocycles. The van der Waals surface area contributed by atoms with Crippen LogP contribution in [0.5, 0.6) is 5.75 Å². The van der Waals surface area contributed by atoms with Gasteiger partial charge in [-0.1, -0.05) is 36.4 Å². The summed E-state index contributed by atoms with van der Waals surface area (Å²) in [5, 5.41) is 48.5. The Labute approximate surface area is 271 Å². The highest BCUT2D eigenvalue weighted by molar-refractivity contribution is 6.25. The number of fused-ring (bicyclic) bond motifs is 3. The number of likely N-dealkylation sites (N-methyl/N-ethyl adjacent to an activating group) is 1. The molecule has 13 heteroatoms. The van der Waals surface area contributed by atoms with Gasteiger partial charge in [0, 0.05) is 25.7 Å². The lowest BCUT2D eigenvalue weighted by atomic mass is 9.47. The number of Topliss-reactive ketones (excluding diaryl/α,β-unsaturated/α-hetero) is 2. The van der Waals surface area contributed by atoms with E-state index in [9.17, 15) is 35.0 Å². The molecule has 2 aromatic carbocycles. The minimum atomic E-state index is -2.69. The summed E-state index contributed by atoms with van der Waals surface area (Å²) in [6, 6.07) is 14.0. The second-order valence-electron chi connectivity index (χ2n) is 13.5. The molecule has 4 atom stereocenters. The fourth-order valence-corrected chi connectivity index (χ4v) is 8.23. The molecule has 0 unspecified atom stereocenters. The fourth-order valence-electron chi connectivity index (χ4n) is 8.23. The number of benzene rings is 2. The fraction of sp³-hybridized carbons (Fsp3) is 0.412. The van der Waals surface area contributed by atoms with Gasteiger partial charge in [0.15, 0.2) is 17.0 Å². The number of amides is 1. The Morgan fingerprint density at radius 2 is 1.74 bits per heavy atom. The number of nitrogens with zero attached hydrogens (tertiary/aromatic N) is 3. The van der Waals surface area contributed by atoms with Gasteiger partial charge in [0.05, 0.1) is 40.0 Å². The van der Waals surface area contributed by atoms with Gasteiger partial charge in [-0.2, -0.15) is 5.26 Å². The van der Waals surface area contributed by atoms with Gasteiger partial charge in [0.1, 0.15) is 22.8 Å². The minimum absolute atomic E-state index is 0.0334. The lowest BCUT2D eigenvalue weighted by Crippen LogP contribution is -2.80. The molecule has 2 aromatic rings. The third-order valence-electron chi connectivity index (χ3n) is 10.3. The molecule has 0 radical (unpaired) electrons. The Bertz CT molecular complexity index is 1790. The number of likely N-dealkylation sites (tertiary alicyclic amines) is 1. The number of nitriles is 1. The number of aromatic hydroxyl groups is 1. The molecule has 0 aromatic heterocycles. The van der Waals surface area contributed by atoms with Gasteiger partial charge in [-0.3, -0.25) is 24.2 Å². The Morgan fingerprint density at radius 1 is 1.09 bits per heavy atom. The van der Waals surface area contributed by atoms with E-state index in [2.05, 4.69) is 22.3 Å². The molecule has 1 heterocycles. The van der Waals surface area contributed by atoms with Gasteiger partial charge < -0.3 is 37.8 Å². The molecule has 6 rings (SSSR count). The predicted molar refractivity (Wildman–Crippen MR) is 173 cm³/mol. The summed E-state index contributed by atoms with van der Waals surface area (Å²) in [4.78, 5) is 44.1. The van der Waals surface area contributed by atoms with Crippen molar-refractivity contribution < 1.29 is 29.7 Å². The number of piperidine rings is 1. The summed E-state index contributed by atoms with van der Waals surface area (Å²) in [7, 11) is 2.96. The highest BCUT2D eigenvalue weighted by Crippen LogP contribution is 2.58. The highest BCUT2D eigenvalue weighted by atomic mass is 16.3. The molecule has 1 saturated carbocycles. The van der Waals surface area contributed by atoms with Gasteiger partial charge in [0.25, 0.3) is 5.91 Å². The van der Waals surface area contributed by atoms with E-state index in [1.165, 1.54) is 24.6 Å². The van der Waals surface area contributed by atoms with Crippen LogP contribution in [0.15, 0.2) is 59.4 Å². The number of carbonyl (C=O) groups excluding carboxylic acids is 3. The molecule has 0 spiro atoms. The number of rotatable bonds is 6.